The van der Waals surface area contributed by atoms with Gasteiger partial charge < -0.3 is 25.7 Å². The van der Waals surface area contributed by atoms with Crippen LogP contribution in [0.5, 0.6) is 5.75 Å². The van der Waals surface area contributed by atoms with E-state index in [9.17, 15) is 19.2 Å². The number of primary amides is 1. The molecule has 1 saturated heterocycles. The molecule has 4 N–H and O–H groups in total. The number of ketones is 1. The van der Waals surface area contributed by atoms with E-state index in [0.29, 0.717) is 37.3 Å². The third-order valence-electron chi connectivity index (χ3n) is 8.67. The van der Waals surface area contributed by atoms with Gasteiger partial charge in [-0.3, -0.25) is 19.2 Å². The van der Waals surface area contributed by atoms with Gasteiger partial charge in [-0.15, -0.1) is 0 Å². The number of aromatic amines is 1. The van der Waals surface area contributed by atoms with Crippen LogP contribution in [0.2, 0.25) is 0 Å². The molecule has 2 heterocycles. The van der Waals surface area contributed by atoms with Crippen LogP contribution in [-0.4, -0.2) is 59.1 Å². The average Bonchev–Trinajstić information content (AvgIpc) is 3.60. The standard InChI is InChI=1S/C28H36N4O5/c1-37-24-10-6-8-19-18(24)14-21(30-19)27(36)32-16-28(11-3-2-4-12-28)15-22(32)26(35)31-20(25(29)34)13-17-7-5-9-23(17)33/h6,8,10,14,17,20,22,30H,2-5,7,9,11-13,15-16H2,1H3,(H2,29,34)(H,31,35)/t17-,20-,22?/m0/s1. The topological polar surface area (TPSA) is 135 Å². The lowest BCUT2D eigenvalue weighted by Crippen LogP contribution is -2.53. The van der Waals surface area contributed by atoms with Crippen molar-refractivity contribution in [1.82, 2.24) is 15.2 Å². The highest BCUT2D eigenvalue weighted by atomic mass is 16.5. The molecular weight excluding hydrogens is 472 g/mol. The van der Waals surface area contributed by atoms with Gasteiger partial charge in [0, 0.05) is 29.8 Å². The van der Waals surface area contributed by atoms with Crippen molar-refractivity contribution < 1.29 is 23.9 Å². The highest BCUT2D eigenvalue weighted by Crippen LogP contribution is 2.47. The Morgan fingerprint density at radius 2 is 2.00 bits per heavy atom. The van der Waals surface area contributed by atoms with Crippen LogP contribution in [0.15, 0.2) is 24.3 Å². The van der Waals surface area contributed by atoms with Crippen LogP contribution >= 0.6 is 0 Å². The van der Waals surface area contributed by atoms with Crippen molar-refractivity contribution in [3.05, 3.63) is 30.0 Å². The Balaban J connectivity index is 1.40. The number of hydrogen-bond donors (Lipinski definition) is 3. The van der Waals surface area contributed by atoms with Crippen molar-refractivity contribution in [2.75, 3.05) is 13.7 Å². The first-order chi connectivity index (χ1) is 17.8. The van der Waals surface area contributed by atoms with E-state index in [2.05, 4.69) is 10.3 Å². The van der Waals surface area contributed by atoms with Gasteiger partial charge >= 0.3 is 0 Å². The molecule has 9 heteroatoms. The second-order valence-corrected chi connectivity index (χ2v) is 11.1. The van der Waals surface area contributed by atoms with Gasteiger partial charge in [0.15, 0.2) is 0 Å². The first kappa shape index (κ1) is 25.3. The van der Waals surface area contributed by atoms with E-state index >= 15 is 0 Å². The van der Waals surface area contributed by atoms with E-state index in [1.165, 1.54) is 0 Å². The molecule has 0 bridgehead atoms. The molecule has 9 nitrogen and oxygen atoms in total. The lowest BCUT2D eigenvalue weighted by Gasteiger charge is -2.32. The van der Waals surface area contributed by atoms with Gasteiger partial charge in [0.25, 0.3) is 5.91 Å². The molecule has 3 amide bonds. The summed E-state index contributed by atoms with van der Waals surface area (Å²) in [5.74, 6) is -0.753. The second-order valence-electron chi connectivity index (χ2n) is 11.1. The number of H-pyrrole nitrogens is 1. The van der Waals surface area contributed by atoms with Gasteiger partial charge in [-0.05, 0) is 62.1 Å². The van der Waals surface area contributed by atoms with Crippen LogP contribution in [0.25, 0.3) is 10.9 Å². The molecule has 5 rings (SSSR count). The number of aromatic nitrogens is 1. The molecule has 37 heavy (non-hydrogen) atoms. The lowest BCUT2D eigenvalue weighted by molar-refractivity contribution is -0.130. The summed E-state index contributed by atoms with van der Waals surface area (Å²) >= 11 is 0. The molecule has 198 valence electrons. The van der Waals surface area contributed by atoms with E-state index in [0.717, 1.165) is 49.4 Å². The monoisotopic (exact) mass is 508 g/mol. The Labute approximate surface area is 216 Å². The number of carbonyl (C=O) groups excluding carboxylic acids is 4. The Morgan fingerprint density at radius 1 is 1.22 bits per heavy atom. The van der Waals surface area contributed by atoms with E-state index in [1.807, 2.05) is 18.2 Å². The van der Waals surface area contributed by atoms with E-state index in [4.69, 9.17) is 10.5 Å². The lowest BCUT2D eigenvalue weighted by atomic mass is 9.72. The largest absolute Gasteiger partial charge is 0.496 e. The summed E-state index contributed by atoms with van der Waals surface area (Å²) in [5, 5.41) is 3.62. The van der Waals surface area contributed by atoms with E-state index in [-0.39, 0.29) is 35.4 Å². The number of Topliss-reactive ketones (excluding diaryl/α,β-unsaturated/α-hetero) is 1. The number of carbonyl (C=O) groups is 4. The fourth-order valence-electron chi connectivity index (χ4n) is 6.68. The van der Waals surface area contributed by atoms with Crippen LogP contribution < -0.4 is 15.8 Å². The van der Waals surface area contributed by atoms with E-state index in [1.54, 1.807) is 18.1 Å². The Kier molecular flexibility index (Phi) is 6.96. The molecular formula is C28H36N4O5. The van der Waals surface area contributed by atoms with Crippen LogP contribution in [0.3, 0.4) is 0 Å². The fraction of sp³-hybridized carbons (Fsp3) is 0.571. The molecule has 3 aliphatic rings. The van der Waals surface area contributed by atoms with Crippen molar-refractivity contribution in [2.24, 2.45) is 17.1 Å². The van der Waals surface area contributed by atoms with Crippen LogP contribution in [0.1, 0.15) is 74.7 Å². The summed E-state index contributed by atoms with van der Waals surface area (Å²) in [5.41, 5.74) is 6.71. The molecule has 2 aliphatic carbocycles. The number of fused-ring (bicyclic) bond motifs is 1. The maximum absolute atomic E-state index is 13.8. The molecule has 1 unspecified atom stereocenters. The maximum atomic E-state index is 13.8. The number of benzene rings is 1. The van der Waals surface area contributed by atoms with Crippen molar-refractivity contribution in [2.45, 2.75) is 76.3 Å². The van der Waals surface area contributed by atoms with Crippen molar-refractivity contribution >= 4 is 34.4 Å². The minimum atomic E-state index is -0.934. The zero-order valence-electron chi connectivity index (χ0n) is 21.4. The van der Waals surface area contributed by atoms with Gasteiger partial charge in [0.05, 0.1) is 7.11 Å². The molecule has 1 aliphatic heterocycles. The summed E-state index contributed by atoms with van der Waals surface area (Å²) < 4.78 is 5.45. The smallest absolute Gasteiger partial charge is 0.271 e. The molecule has 1 aromatic heterocycles. The highest BCUT2D eigenvalue weighted by Gasteiger charge is 2.49. The third-order valence-corrected chi connectivity index (χ3v) is 8.67. The minimum Gasteiger partial charge on any atom is -0.496 e. The Bertz CT molecular complexity index is 1210. The molecule has 2 aromatic rings. The second kappa shape index (κ2) is 10.2. The fourth-order valence-corrected chi connectivity index (χ4v) is 6.68. The summed E-state index contributed by atoms with van der Waals surface area (Å²) in [6.07, 6.45) is 8.04. The maximum Gasteiger partial charge on any atom is 0.271 e. The van der Waals surface area contributed by atoms with E-state index < -0.39 is 18.0 Å². The third kappa shape index (κ3) is 4.95. The van der Waals surface area contributed by atoms with Gasteiger partial charge in [-0.25, -0.2) is 0 Å². The van der Waals surface area contributed by atoms with Gasteiger partial charge in [0.2, 0.25) is 11.8 Å². The van der Waals surface area contributed by atoms with Gasteiger partial charge in [-0.1, -0.05) is 25.3 Å². The molecule has 3 fully saturated rings. The first-order valence-corrected chi connectivity index (χ1v) is 13.4. The number of ether oxygens (including phenoxy) is 1. The molecule has 3 atom stereocenters. The number of amides is 3. The minimum absolute atomic E-state index is 0.108. The molecule has 2 saturated carbocycles. The molecule has 0 radical (unpaired) electrons. The highest BCUT2D eigenvalue weighted by molar-refractivity contribution is 6.02. The summed E-state index contributed by atoms with van der Waals surface area (Å²) in [7, 11) is 1.59. The number of methoxy groups -OCH3 is 1. The number of nitrogens with zero attached hydrogens (tertiary/aromatic N) is 1. The zero-order chi connectivity index (χ0) is 26.2. The zero-order valence-corrected chi connectivity index (χ0v) is 21.4. The van der Waals surface area contributed by atoms with Crippen molar-refractivity contribution in [3.63, 3.8) is 0 Å². The summed E-state index contributed by atoms with van der Waals surface area (Å²) in [4.78, 5) is 56.7. The Morgan fingerprint density at radius 3 is 2.68 bits per heavy atom. The quantitative estimate of drug-likeness (QED) is 0.528. The van der Waals surface area contributed by atoms with Gasteiger partial charge in [-0.2, -0.15) is 0 Å². The van der Waals surface area contributed by atoms with Crippen LogP contribution in [-0.2, 0) is 14.4 Å². The number of nitrogens with one attached hydrogen (secondary N) is 2. The Hall–Kier alpha value is -3.36. The number of likely N-dealkylation sites (tertiary alicyclic amines) is 1. The first-order valence-electron chi connectivity index (χ1n) is 13.4. The molecule has 1 spiro atoms. The predicted molar refractivity (Wildman–Crippen MR) is 138 cm³/mol. The van der Waals surface area contributed by atoms with Gasteiger partial charge in [0.1, 0.15) is 29.3 Å². The normalized spacial score (nSPS) is 23.9. The van der Waals surface area contributed by atoms with Crippen LogP contribution in [0, 0.1) is 11.3 Å². The van der Waals surface area contributed by atoms with Crippen LogP contribution in [0.4, 0.5) is 0 Å². The average molecular weight is 509 g/mol. The summed E-state index contributed by atoms with van der Waals surface area (Å²) in [6, 6.07) is 5.71. The number of rotatable bonds is 7. The van der Waals surface area contributed by atoms with Crippen molar-refractivity contribution in [1.29, 1.82) is 0 Å². The number of hydrogen-bond acceptors (Lipinski definition) is 5. The van der Waals surface area contributed by atoms with Crippen molar-refractivity contribution in [3.8, 4) is 5.75 Å². The number of nitrogens with two attached hydrogens (primary N) is 1. The predicted octanol–water partition coefficient (Wildman–Crippen LogP) is 3.07. The molecule has 1 aromatic carbocycles. The summed E-state index contributed by atoms with van der Waals surface area (Å²) in [6.45, 7) is 0.499. The SMILES string of the molecule is COc1cccc2[nH]c(C(=O)N3CC4(CCCCC4)CC3C(=O)N[C@@H](C[C@@H]3CCCC3=O)C(N)=O)cc12.